The van der Waals surface area contributed by atoms with Crippen molar-refractivity contribution in [1.82, 2.24) is 19.8 Å². The van der Waals surface area contributed by atoms with Crippen LogP contribution >= 0.6 is 23.1 Å². The minimum atomic E-state index is -0.518. The number of aryl methyl sites for hydroxylation is 2. The quantitative estimate of drug-likeness (QED) is 0.637. The number of thioether (sulfide) groups is 1. The van der Waals surface area contributed by atoms with E-state index in [1.807, 2.05) is 27.7 Å². The molecule has 0 aromatic carbocycles. The summed E-state index contributed by atoms with van der Waals surface area (Å²) in [6.45, 7) is 10.3. The average Bonchev–Trinajstić information content (AvgIpc) is 3.10. The van der Waals surface area contributed by atoms with Gasteiger partial charge in [0.1, 0.15) is 4.83 Å². The van der Waals surface area contributed by atoms with Crippen LogP contribution < -0.4 is 10.9 Å². The second kappa shape index (κ2) is 7.03. The second-order valence-electron chi connectivity index (χ2n) is 6.61. The van der Waals surface area contributed by atoms with Crippen molar-refractivity contribution in [2.45, 2.75) is 51.1 Å². The van der Waals surface area contributed by atoms with E-state index in [1.54, 1.807) is 11.5 Å². The van der Waals surface area contributed by atoms with E-state index in [0.29, 0.717) is 28.5 Å². The number of aromatic nitrogens is 2. The molecule has 0 aliphatic carbocycles. The Morgan fingerprint density at radius 3 is 2.54 bits per heavy atom. The Labute approximate surface area is 159 Å². The Kier molecular flexibility index (Phi) is 5.12. The number of carbonyl (C=O) groups excluding carboxylic acids is 2. The number of hydrogen-bond donors (Lipinski definition) is 1. The van der Waals surface area contributed by atoms with Crippen LogP contribution in [-0.2, 0) is 4.79 Å². The summed E-state index contributed by atoms with van der Waals surface area (Å²) in [6.07, 6.45) is 0. The first-order chi connectivity index (χ1) is 12.2. The van der Waals surface area contributed by atoms with Crippen molar-refractivity contribution in [3.8, 4) is 0 Å². The SMILES string of the molecule is Cc1sc2nc(S[C@H](C)C(=O)N3CCNC3=O)n(C(C)C)c(=O)c2c1C. The fourth-order valence-electron chi connectivity index (χ4n) is 2.94. The van der Waals surface area contributed by atoms with Gasteiger partial charge in [0.05, 0.1) is 10.6 Å². The third-order valence-corrected chi connectivity index (χ3v) is 6.63. The largest absolute Gasteiger partial charge is 0.336 e. The first-order valence-corrected chi connectivity index (χ1v) is 10.2. The number of thiophene rings is 1. The van der Waals surface area contributed by atoms with E-state index in [4.69, 9.17) is 0 Å². The molecule has 2 aromatic heterocycles. The van der Waals surface area contributed by atoms with Crippen LogP contribution in [0.1, 0.15) is 37.3 Å². The fourth-order valence-corrected chi connectivity index (χ4v) is 5.11. The van der Waals surface area contributed by atoms with Gasteiger partial charge in [-0.2, -0.15) is 0 Å². The topological polar surface area (TPSA) is 84.3 Å². The maximum absolute atomic E-state index is 13.0. The van der Waals surface area contributed by atoms with Crippen molar-refractivity contribution in [3.63, 3.8) is 0 Å². The Bertz CT molecular complexity index is 948. The predicted molar refractivity (Wildman–Crippen MR) is 104 cm³/mol. The molecule has 0 spiro atoms. The molecule has 0 bridgehead atoms. The molecule has 1 saturated heterocycles. The van der Waals surface area contributed by atoms with Crippen LogP contribution in [0.3, 0.4) is 0 Å². The molecule has 1 aliphatic rings. The number of nitrogens with one attached hydrogen (secondary N) is 1. The molecule has 0 radical (unpaired) electrons. The highest BCUT2D eigenvalue weighted by atomic mass is 32.2. The molecule has 0 unspecified atom stereocenters. The number of urea groups is 1. The molecular formula is C17H22N4O3S2. The van der Waals surface area contributed by atoms with Crippen molar-refractivity contribution >= 4 is 45.3 Å². The van der Waals surface area contributed by atoms with Crippen molar-refractivity contribution in [1.29, 1.82) is 0 Å². The molecule has 1 fully saturated rings. The number of hydrogen-bond acceptors (Lipinski definition) is 6. The van der Waals surface area contributed by atoms with E-state index in [2.05, 4.69) is 10.3 Å². The monoisotopic (exact) mass is 394 g/mol. The van der Waals surface area contributed by atoms with E-state index in [9.17, 15) is 14.4 Å². The zero-order valence-corrected chi connectivity index (χ0v) is 17.1. The molecule has 1 aliphatic heterocycles. The van der Waals surface area contributed by atoms with E-state index in [0.717, 1.165) is 10.4 Å². The van der Waals surface area contributed by atoms with Gasteiger partial charge < -0.3 is 5.32 Å². The molecule has 3 amide bonds. The van der Waals surface area contributed by atoms with Crippen molar-refractivity contribution in [2.24, 2.45) is 0 Å². The van der Waals surface area contributed by atoms with Crippen LogP contribution in [-0.4, -0.2) is 44.7 Å². The van der Waals surface area contributed by atoms with Crippen LogP contribution in [0.4, 0.5) is 4.79 Å². The Hall–Kier alpha value is -1.87. The number of rotatable bonds is 4. The van der Waals surface area contributed by atoms with Gasteiger partial charge in [0, 0.05) is 24.0 Å². The summed E-state index contributed by atoms with van der Waals surface area (Å²) < 4.78 is 1.64. The third-order valence-electron chi connectivity index (χ3n) is 4.47. The number of amides is 3. The summed E-state index contributed by atoms with van der Waals surface area (Å²) in [4.78, 5) is 45.0. The van der Waals surface area contributed by atoms with Gasteiger partial charge in [-0.05, 0) is 40.2 Å². The van der Waals surface area contributed by atoms with E-state index in [-0.39, 0.29) is 23.5 Å². The lowest BCUT2D eigenvalue weighted by Gasteiger charge is -2.20. The predicted octanol–water partition coefficient (Wildman–Crippen LogP) is 2.69. The number of nitrogens with zero attached hydrogens (tertiary/aromatic N) is 3. The molecule has 140 valence electrons. The van der Waals surface area contributed by atoms with Crippen LogP contribution in [0.15, 0.2) is 9.95 Å². The lowest BCUT2D eigenvalue weighted by molar-refractivity contribution is -0.126. The van der Waals surface area contributed by atoms with Crippen LogP contribution in [0.25, 0.3) is 10.2 Å². The number of carbonyl (C=O) groups is 2. The lowest BCUT2D eigenvalue weighted by Crippen LogP contribution is -2.39. The van der Waals surface area contributed by atoms with Gasteiger partial charge in [0.25, 0.3) is 5.56 Å². The molecule has 3 rings (SSSR count). The number of fused-ring (bicyclic) bond motifs is 1. The van der Waals surface area contributed by atoms with E-state index >= 15 is 0 Å². The summed E-state index contributed by atoms with van der Waals surface area (Å²) in [7, 11) is 0. The van der Waals surface area contributed by atoms with Crippen molar-refractivity contribution in [2.75, 3.05) is 13.1 Å². The molecule has 9 heteroatoms. The Morgan fingerprint density at radius 2 is 1.96 bits per heavy atom. The molecule has 0 saturated carbocycles. The van der Waals surface area contributed by atoms with E-state index < -0.39 is 5.25 Å². The van der Waals surface area contributed by atoms with Crippen LogP contribution in [0, 0.1) is 13.8 Å². The summed E-state index contributed by atoms with van der Waals surface area (Å²) in [5.41, 5.74) is 0.888. The maximum atomic E-state index is 13.0. The minimum absolute atomic E-state index is 0.0760. The molecule has 2 aromatic rings. The lowest BCUT2D eigenvalue weighted by atomic mass is 10.2. The highest BCUT2D eigenvalue weighted by Gasteiger charge is 2.31. The molecule has 1 N–H and O–H groups in total. The molecule has 3 heterocycles. The van der Waals surface area contributed by atoms with Gasteiger partial charge in [-0.3, -0.25) is 19.1 Å². The first-order valence-electron chi connectivity index (χ1n) is 8.50. The van der Waals surface area contributed by atoms with Crippen molar-refractivity contribution < 1.29 is 9.59 Å². The van der Waals surface area contributed by atoms with Gasteiger partial charge >= 0.3 is 6.03 Å². The first kappa shape index (κ1) is 18.9. The summed E-state index contributed by atoms with van der Waals surface area (Å²) in [6, 6.07) is -0.449. The molecule has 26 heavy (non-hydrogen) atoms. The standard InChI is InChI=1S/C17H22N4O3S2/c1-8(2)21-15(23)12-9(3)10(4)25-13(12)19-17(21)26-11(5)14(22)20-7-6-18-16(20)24/h8,11H,6-7H2,1-5H3,(H,18,24)/t11-/m1/s1. The zero-order chi connectivity index (χ0) is 19.2. The summed E-state index contributed by atoms with van der Waals surface area (Å²) in [5, 5.41) is 3.28. The molecule has 1 atom stereocenters. The molecule has 7 nitrogen and oxygen atoms in total. The highest BCUT2D eigenvalue weighted by Crippen LogP contribution is 2.31. The van der Waals surface area contributed by atoms with Gasteiger partial charge in [-0.15, -0.1) is 11.3 Å². The minimum Gasteiger partial charge on any atom is -0.336 e. The second-order valence-corrected chi connectivity index (χ2v) is 9.12. The Balaban J connectivity index is 2.01. The Morgan fingerprint density at radius 1 is 1.27 bits per heavy atom. The van der Waals surface area contributed by atoms with Gasteiger partial charge in [0.15, 0.2) is 5.16 Å². The van der Waals surface area contributed by atoms with Crippen LogP contribution in [0.2, 0.25) is 0 Å². The third kappa shape index (κ3) is 3.14. The normalized spacial score (nSPS) is 15.8. The van der Waals surface area contributed by atoms with Crippen molar-refractivity contribution in [3.05, 3.63) is 20.8 Å². The zero-order valence-electron chi connectivity index (χ0n) is 15.5. The van der Waals surface area contributed by atoms with E-state index in [1.165, 1.54) is 28.0 Å². The van der Waals surface area contributed by atoms with Gasteiger partial charge in [0.2, 0.25) is 5.91 Å². The van der Waals surface area contributed by atoms with Gasteiger partial charge in [-0.25, -0.2) is 9.78 Å². The summed E-state index contributed by atoms with van der Waals surface area (Å²) in [5.74, 6) is -0.270. The number of imide groups is 1. The van der Waals surface area contributed by atoms with Crippen LogP contribution in [0.5, 0.6) is 0 Å². The smallest absolute Gasteiger partial charge is 0.324 e. The summed E-state index contributed by atoms with van der Waals surface area (Å²) >= 11 is 2.72. The van der Waals surface area contributed by atoms with Gasteiger partial charge in [-0.1, -0.05) is 11.8 Å². The maximum Gasteiger partial charge on any atom is 0.324 e. The fraction of sp³-hybridized carbons (Fsp3) is 0.529. The molecular weight excluding hydrogens is 372 g/mol. The highest BCUT2D eigenvalue weighted by molar-refractivity contribution is 8.00. The average molecular weight is 395 g/mol.